The lowest BCUT2D eigenvalue weighted by atomic mass is 10.1. The zero-order chi connectivity index (χ0) is 15.3. The number of carbonyl (C=O) groups is 1. The Morgan fingerprint density at radius 3 is 2.90 bits per heavy atom. The summed E-state index contributed by atoms with van der Waals surface area (Å²) in [6, 6.07) is 10.0. The summed E-state index contributed by atoms with van der Waals surface area (Å²) in [6.45, 7) is 5.94. The highest BCUT2D eigenvalue weighted by Gasteiger charge is 2.14. The van der Waals surface area contributed by atoms with Crippen molar-refractivity contribution in [2.24, 2.45) is 0 Å². The van der Waals surface area contributed by atoms with Gasteiger partial charge in [0.1, 0.15) is 5.60 Å². The van der Waals surface area contributed by atoms with Crippen LogP contribution in [0.15, 0.2) is 42.6 Å². The van der Waals surface area contributed by atoms with E-state index in [-0.39, 0.29) is 0 Å². The van der Waals surface area contributed by atoms with Crippen molar-refractivity contribution in [1.29, 1.82) is 0 Å². The molecule has 0 bridgehead atoms. The Labute approximate surface area is 124 Å². The molecule has 0 radical (unpaired) electrons. The molecule has 4 heteroatoms. The molecule has 1 heterocycles. The number of hydrogen-bond acceptors (Lipinski definition) is 3. The molecule has 0 saturated heterocycles. The molecular formula is C17H20N2O2. The quantitative estimate of drug-likeness (QED) is 0.933. The lowest BCUT2D eigenvalue weighted by Crippen LogP contribution is -2.32. The third-order valence-corrected chi connectivity index (χ3v) is 2.70. The number of hydrogen-bond donors (Lipinski definition) is 1. The van der Waals surface area contributed by atoms with E-state index in [0.717, 1.165) is 16.5 Å². The van der Waals surface area contributed by atoms with Gasteiger partial charge < -0.3 is 10.1 Å². The molecular weight excluding hydrogens is 264 g/mol. The molecule has 1 aromatic heterocycles. The van der Waals surface area contributed by atoms with Crippen molar-refractivity contribution < 1.29 is 9.53 Å². The van der Waals surface area contributed by atoms with Crippen molar-refractivity contribution >= 4 is 23.1 Å². The maximum absolute atomic E-state index is 11.5. The number of benzene rings is 1. The van der Waals surface area contributed by atoms with Gasteiger partial charge in [0.05, 0.1) is 5.52 Å². The van der Waals surface area contributed by atoms with Crippen LogP contribution in [0.25, 0.3) is 17.0 Å². The molecule has 2 aromatic rings. The van der Waals surface area contributed by atoms with Crippen molar-refractivity contribution in [3.63, 3.8) is 0 Å². The van der Waals surface area contributed by atoms with E-state index in [4.69, 9.17) is 4.74 Å². The molecule has 2 rings (SSSR count). The average Bonchev–Trinajstić information content (AvgIpc) is 2.41. The maximum Gasteiger partial charge on any atom is 0.407 e. The van der Waals surface area contributed by atoms with Crippen molar-refractivity contribution in [3.05, 3.63) is 48.2 Å². The number of pyridine rings is 1. The van der Waals surface area contributed by atoms with Gasteiger partial charge in [-0.3, -0.25) is 4.98 Å². The first-order chi connectivity index (χ1) is 9.94. The Balaban J connectivity index is 1.90. The number of fused-ring (bicyclic) bond motifs is 1. The normalized spacial score (nSPS) is 11.8. The van der Waals surface area contributed by atoms with Crippen molar-refractivity contribution in [2.45, 2.75) is 26.4 Å². The summed E-state index contributed by atoms with van der Waals surface area (Å²) in [6.07, 6.45) is 5.20. The fraction of sp³-hybridized carbons (Fsp3) is 0.294. The SMILES string of the molecule is CC(C)(C)OC(=O)NCC=Cc1ccc2cccnc2c1. The van der Waals surface area contributed by atoms with Gasteiger partial charge in [-0.25, -0.2) is 4.79 Å². The van der Waals surface area contributed by atoms with Gasteiger partial charge in [0, 0.05) is 18.1 Å². The van der Waals surface area contributed by atoms with E-state index in [1.807, 2.05) is 63.3 Å². The van der Waals surface area contributed by atoms with Gasteiger partial charge in [0.15, 0.2) is 0 Å². The van der Waals surface area contributed by atoms with E-state index in [2.05, 4.69) is 10.3 Å². The van der Waals surface area contributed by atoms with Crippen LogP contribution in [0.2, 0.25) is 0 Å². The minimum Gasteiger partial charge on any atom is -0.444 e. The molecule has 110 valence electrons. The Morgan fingerprint density at radius 1 is 1.33 bits per heavy atom. The first-order valence-electron chi connectivity index (χ1n) is 6.92. The Hall–Kier alpha value is -2.36. The van der Waals surface area contributed by atoms with Crippen molar-refractivity contribution in [3.8, 4) is 0 Å². The van der Waals surface area contributed by atoms with E-state index in [9.17, 15) is 4.79 Å². The van der Waals surface area contributed by atoms with Crippen molar-refractivity contribution in [1.82, 2.24) is 10.3 Å². The van der Waals surface area contributed by atoms with Gasteiger partial charge in [0.25, 0.3) is 0 Å². The average molecular weight is 284 g/mol. The Kier molecular flexibility index (Phi) is 4.58. The van der Waals surface area contributed by atoms with E-state index >= 15 is 0 Å². The third-order valence-electron chi connectivity index (χ3n) is 2.70. The first kappa shape index (κ1) is 15.0. The van der Waals surface area contributed by atoms with Crippen LogP contribution in [0.4, 0.5) is 4.79 Å². The Morgan fingerprint density at radius 2 is 2.14 bits per heavy atom. The molecule has 1 N–H and O–H groups in total. The van der Waals surface area contributed by atoms with E-state index in [0.29, 0.717) is 6.54 Å². The van der Waals surface area contributed by atoms with Crippen LogP contribution in [0.1, 0.15) is 26.3 Å². The van der Waals surface area contributed by atoms with Crippen LogP contribution in [0.5, 0.6) is 0 Å². The summed E-state index contributed by atoms with van der Waals surface area (Å²) in [5.74, 6) is 0. The minimum atomic E-state index is -0.474. The maximum atomic E-state index is 11.5. The molecule has 0 unspecified atom stereocenters. The number of aromatic nitrogens is 1. The van der Waals surface area contributed by atoms with Crippen LogP contribution < -0.4 is 5.32 Å². The highest BCUT2D eigenvalue weighted by molar-refractivity contribution is 5.80. The smallest absolute Gasteiger partial charge is 0.407 e. The highest BCUT2D eigenvalue weighted by atomic mass is 16.6. The minimum absolute atomic E-state index is 0.410. The molecule has 0 atom stereocenters. The fourth-order valence-corrected chi connectivity index (χ4v) is 1.84. The second-order valence-electron chi connectivity index (χ2n) is 5.74. The lowest BCUT2D eigenvalue weighted by Gasteiger charge is -2.19. The largest absolute Gasteiger partial charge is 0.444 e. The zero-order valence-electron chi connectivity index (χ0n) is 12.6. The summed E-state index contributed by atoms with van der Waals surface area (Å²) < 4.78 is 5.15. The molecule has 4 nitrogen and oxygen atoms in total. The van der Waals surface area contributed by atoms with Crippen LogP contribution in [-0.4, -0.2) is 23.2 Å². The number of amides is 1. The lowest BCUT2D eigenvalue weighted by molar-refractivity contribution is 0.0534. The number of alkyl carbamates (subject to hydrolysis) is 1. The summed E-state index contributed by atoms with van der Waals surface area (Å²) >= 11 is 0. The van der Waals surface area contributed by atoms with E-state index in [1.54, 1.807) is 6.20 Å². The Bertz CT molecular complexity index is 657. The third kappa shape index (κ3) is 4.91. The summed E-state index contributed by atoms with van der Waals surface area (Å²) in [7, 11) is 0. The second-order valence-corrected chi connectivity index (χ2v) is 5.74. The van der Waals surface area contributed by atoms with Gasteiger partial charge in [-0.05, 0) is 38.5 Å². The monoisotopic (exact) mass is 284 g/mol. The number of nitrogens with one attached hydrogen (secondary N) is 1. The molecule has 21 heavy (non-hydrogen) atoms. The predicted octanol–water partition coefficient (Wildman–Crippen LogP) is 3.77. The van der Waals surface area contributed by atoms with Gasteiger partial charge in [-0.15, -0.1) is 0 Å². The van der Waals surface area contributed by atoms with Crippen molar-refractivity contribution in [2.75, 3.05) is 6.54 Å². The molecule has 1 aromatic carbocycles. The summed E-state index contributed by atoms with van der Waals surface area (Å²) in [4.78, 5) is 15.8. The van der Waals surface area contributed by atoms with Crippen LogP contribution >= 0.6 is 0 Å². The van der Waals surface area contributed by atoms with E-state index < -0.39 is 11.7 Å². The summed E-state index contributed by atoms with van der Waals surface area (Å²) in [5, 5.41) is 3.80. The standard InChI is InChI=1S/C17H20N2O2/c1-17(2,3)21-16(20)19-11-4-6-13-8-9-14-7-5-10-18-15(14)12-13/h4-10,12H,11H2,1-3H3,(H,19,20). The zero-order valence-corrected chi connectivity index (χ0v) is 12.6. The molecule has 1 amide bonds. The predicted molar refractivity (Wildman–Crippen MR) is 85.0 cm³/mol. The number of nitrogens with zero attached hydrogens (tertiary/aromatic N) is 1. The van der Waals surface area contributed by atoms with Gasteiger partial charge in [-0.2, -0.15) is 0 Å². The van der Waals surface area contributed by atoms with Gasteiger partial charge >= 0.3 is 6.09 Å². The van der Waals surface area contributed by atoms with E-state index in [1.165, 1.54) is 0 Å². The number of carbonyl (C=O) groups excluding carboxylic acids is 1. The van der Waals surface area contributed by atoms with Crippen LogP contribution in [0, 0.1) is 0 Å². The number of ether oxygens (including phenoxy) is 1. The topological polar surface area (TPSA) is 51.2 Å². The fourth-order valence-electron chi connectivity index (χ4n) is 1.84. The van der Waals surface area contributed by atoms with Crippen LogP contribution in [0.3, 0.4) is 0 Å². The van der Waals surface area contributed by atoms with Gasteiger partial charge in [-0.1, -0.05) is 30.4 Å². The molecule has 0 aliphatic rings. The molecule has 0 spiro atoms. The van der Waals surface area contributed by atoms with Gasteiger partial charge in [0.2, 0.25) is 0 Å². The molecule has 0 aliphatic carbocycles. The second kappa shape index (κ2) is 6.39. The first-order valence-corrected chi connectivity index (χ1v) is 6.92. The molecule has 0 fully saturated rings. The highest BCUT2D eigenvalue weighted by Crippen LogP contribution is 2.14. The molecule has 0 saturated carbocycles. The molecule has 0 aliphatic heterocycles. The number of rotatable bonds is 3. The van der Waals surface area contributed by atoms with Crippen LogP contribution in [-0.2, 0) is 4.74 Å². The summed E-state index contributed by atoms with van der Waals surface area (Å²) in [5.41, 5.74) is 1.53.